The number of hydrogen-bond donors (Lipinski definition) is 2. The summed E-state index contributed by atoms with van der Waals surface area (Å²) < 4.78 is 28.0. The van der Waals surface area contributed by atoms with E-state index in [2.05, 4.69) is 26.3 Å². The largest absolute Gasteiger partial charge is 0.390 e. The first-order valence-corrected chi connectivity index (χ1v) is 14.4. The summed E-state index contributed by atoms with van der Waals surface area (Å²) in [5.74, 6) is 1.66. The summed E-state index contributed by atoms with van der Waals surface area (Å²) in [6.45, 7) is 4.50. The Morgan fingerprint density at radius 2 is 1.81 bits per heavy atom. The van der Waals surface area contributed by atoms with Crippen LogP contribution in [-0.2, 0) is 10.0 Å². The van der Waals surface area contributed by atoms with Gasteiger partial charge >= 0.3 is 0 Å². The molecule has 0 radical (unpaired) electrons. The third-order valence-electron chi connectivity index (χ3n) is 8.15. The van der Waals surface area contributed by atoms with Gasteiger partial charge in [-0.1, -0.05) is 24.6 Å². The standard InChI is InChI=1S/C28H33N5O3S/c1-20-3-8-26(30-16-20)31-24-10-14-33(17-25(24)34)37(35,36)23-6-4-21(5-7-23)22-9-13-29-27(15-22)32-18-28(19-32)11-2-12-28/h3-9,13,15-16,24-25,34H,2,10-12,14,17-19H2,1H3,(H,30,31)/t24-,25+/m1/s1. The topological polar surface area (TPSA) is 98.7 Å². The predicted molar refractivity (Wildman–Crippen MR) is 144 cm³/mol. The van der Waals surface area contributed by atoms with E-state index in [0.29, 0.717) is 24.2 Å². The van der Waals surface area contributed by atoms with Crippen LogP contribution < -0.4 is 10.2 Å². The van der Waals surface area contributed by atoms with Crippen molar-refractivity contribution in [3.05, 3.63) is 66.5 Å². The van der Waals surface area contributed by atoms with Crippen molar-refractivity contribution in [3.8, 4) is 11.1 Å². The third kappa shape index (κ3) is 4.71. The minimum Gasteiger partial charge on any atom is -0.390 e. The molecule has 4 heterocycles. The van der Waals surface area contributed by atoms with Crippen molar-refractivity contribution in [3.63, 3.8) is 0 Å². The molecule has 3 aromatic rings. The number of aryl methyl sites for hydroxylation is 1. The Kier molecular flexibility index (Phi) is 6.17. The molecule has 1 aliphatic carbocycles. The van der Waals surface area contributed by atoms with Gasteiger partial charge in [-0.05, 0) is 73.2 Å². The Labute approximate surface area is 218 Å². The number of aromatic nitrogens is 2. The summed E-state index contributed by atoms with van der Waals surface area (Å²) in [6.07, 6.45) is 7.25. The van der Waals surface area contributed by atoms with E-state index in [1.807, 2.05) is 43.5 Å². The first-order valence-electron chi connectivity index (χ1n) is 13.0. The van der Waals surface area contributed by atoms with Crippen LogP contribution in [0.3, 0.4) is 0 Å². The van der Waals surface area contributed by atoms with E-state index in [4.69, 9.17) is 0 Å². The van der Waals surface area contributed by atoms with E-state index in [1.54, 1.807) is 18.3 Å². The number of nitrogens with zero attached hydrogens (tertiary/aromatic N) is 4. The van der Waals surface area contributed by atoms with Gasteiger partial charge in [-0.15, -0.1) is 0 Å². The lowest BCUT2D eigenvalue weighted by Gasteiger charge is -2.56. The number of benzene rings is 1. The van der Waals surface area contributed by atoms with E-state index < -0.39 is 16.1 Å². The molecule has 194 valence electrons. The van der Waals surface area contributed by atoms with E-state index in [9.17, 15) is 13.5 Å². The van der Waals surface area contributed by atoms with Gasteiger partial charge in [0, 0.05) is 44.0 Å². The van der Waals surface area contributed by atoms with E-state index in [1.165, 1.54) is 23.6 Å². The van der Waals surface area contributed by atoms with Crippen LogP contribution in [0.2, 0.25) is 0 Å². The smallest absolute Gasteiger partial charge is 0.243 e. The maximum Gasteiger partial charge on any atom is 0.243 e. The maximum absolute atomic E-state index is 13.3. The molecule has 9 heteroatoms. The minimum atomic E-state index is -3.71. The second kappa shape index (κ2) is 9.38. The minimum absolute atomic E-state index is 0.0403. The molecule has 0 amide bonds. The number of pyridine rings is 2. The summed E-state index contributed by atoms with van der Waals surface area (Å²) >= 11 is 0. The van der Waals surface area contributed by atoms with Gasteiger partial charge in [-0.2, -0.15) is 4.31 Å². The molecule has 0 bridgehead atoms. The molecule has 2 atom stereocenters. The average molecular weight is 520 g/mol. The molecule has 3 fully saturated rings. The summed E-state index contributed by atoms with van der Waals surface area (Å²) in [6, 6.07) is 14.6. The fraction of sp³-hybridized carbons (Fsp3) is 0.429. The van der Waals surface area contributed by atoms with Gasteiger partial charge < -0.3 is 15.3 Å². The molecule has 6 rings (SSSR count). The second-order valence-corrected chi connectivity index (χ2v) is 12.8. The Morgan fingerprint density at radius 1 is 1.03 bits per heavy atom. The van der Waals surface area contributed by atoms with Crippen molar-refractivity contribution in [1.29, 1.82) is 0 Å². The molecule has 2 saturated heterocycles. The lowest BCUT2D eigenvalue weighted by molar-refractivity contribution is 0.0896. The molecular weight excluding hydrogens is 486 g/mol. The van der Waals surface area contributed by atoms with Crippen LogP contribution in [0.25, 0.3) is 11.1 Å². The first-order chi connectivity index (χ1) is 17.8. The maximum atomic E-state index is 13.3. The Balaban J connectivity index is 1.11. The zero-order valence-electron chi connectivity index (χ0n) is 21.0. The van der Waals surface area contributed by atoms with Crippen molar-refractivity contribution < 1.29 is 13.5 Å². The number of nitrogens with one attached hydrogen (secondary N) is 1. The van der Waals surface area contributed by atoms with Crippen LogP contribution in [-0.4, -0.2) is 66.1 Å². The highest BCUT2D eigenvalue weighted by Crippen LogP contribution is 2.49. The van der Waals surface area contributed by atoms with Crippen molar-refractivity contribution >= 4 is 21.7 Å². The number of rotatable bonds is 6. The molecule has 8 nitrogen and oxygen atoms in total. The number of anilines is 2. The highest BCUT2D eigenvalue weighted by atomic mass is 32.2. The fourth-order valence-corrected chi connectivity index (χ4v) is 7.16. The Bertz CT molecular complexity index is 1370. The number of aliphatic hydroxyl groups excluding tert-OH is 1. The first kappa shape index (κ1) is 24.3. The molecule has 2 N–H and O–H groups in total. The zero-order valence-corrected chi connectivity index (χ0v) is 21.9. The van der Waals surface area contributed by atoms with E-state index in [-0.39, 0.29) is 17.5 Å². The van der Waals surface area contributed by atoms with E-state index >= 15 is 0 Å². The van der Waals surface area contributed by atoms with Crippen LogP contribution >= 0.6 is 0 Å². The van der Waals surface area contributed by atoms with Crippen molar-refractivity contribution in [2.75, 3.05) is 36.4 Å². The van der Waals surface area contributed by atoms with E-state index in [0.717, 1.165) is 35.6 Å². The number of aliphatic hydroxyl groups is 1. The molecule has 0 unspecified atom stereocenters. The molecule has 2 aromatic heterocycles. The van der Waals surface area contributed by atoms with Gasteiger partial charge in [0.2, 0.25) is 10.0 Å². The van der Waals surface area contributed by atoms with Gasteiger partial charge in [0.1, 0.15) is 11.6 Å². The zero-order chi connectivity index (χ0) is 25.6. The number of hydrogen-bond acceptors (Lipinski definition) is 7. The highest BCUT2D eigenvalue weighted by Gasteiger charge is 2.47. The monoisotopic (exact) mass is 519 g/mol. The molecular formula is C28H33N5O3S. The quantitative estimate of drug-likeness (QED) is 0.513. The SMILES string of the molecule is Cc1ccc(N[C@@H]2CCN(S(=O)(=O)c3ccc(-c4ccnc(N5CC6(CCC6)C5)c4)cc3)C[C@@H]2O)nc1. The van der Waals surface area contributed by atoms with Crippen LogP contribution in [0, 0.1) is 12.3 Å². The van der Waals surface area contributed by atoms with Gasteiger partial charge in [0.05, 0.1) is 17.0 Å². The average Bonchev–Trinajstić information content (AvgIpc) is 2.85. The van der Waals surface area contributed by atoms with Gasteiger partial charge in [0.25, 0.3) is 0 Å². The molecule has 37 heavy (non-hydrogen) atoms. The Morgan fingerprint density at radius 3 is 2.46 bits per heavy atom. The molecule has 1 saturated carbocycles. The van der Waals surface area contributed by atoms with Crippen molar-refractivity contribution in [1.82, 2.24) is 14.3 Å². The number of sulfonamides is 1. The summed E-state index contributed by atoms with van der Waals surface area (Å²) in [7, 11) is -3.71. The summed E-state index contributed by atoms with van der Waals surface area (Å²) in [5.41, 5.74) is 3.56. The van der Waals surface area contributed by atoms with Crippen LogP contribution in [0.4, 0.5) is 11.6 Å². The van der Waals surface area contributed by atoms with Crippen molar-refractivity contribution in [2.45, 2.75) is 49.6 Å². The normalized spacial score (nSPS) is 23.4. The summed E-state index contributed by atoms with van der Waals surface area (Å²) in [4.78, 5) is 11.5. The van der Waals surface area contributed by atoms with Crippen LogP contribution in [0.5, 0.6) is 0 Å². The highest BCUT2D eigenvalue weighted by molar-refractivity contribution is 7.89. The second-order valence-electron chi connectivity index (χ2n) is 10.8. The number of β-amino-alcohol motifs (C(OH)–C–C–N with tert-alkyl or cyclic N) is 1. The van der Waals surface area contributed by atoms with Crippen LogP contribution in [0.15, 0.2) is 65.8 Å². The number of piperidine rings is 1. The lowest BCUT2D eigenvalue weighted by atomic mass is 9.63. The third-order valence-corrected chi connectivity index (χ3v) is 10.0. The van der Waals surface area contributed by atoms with Gasteiger partial charge in [-0.3, -0.25) is 0 Å². The predicted octanol–water partition coefficient (Wildman–Crippen LogP) is 3.68. The fourth-order valence-electron chi connectivity index (χ4n) is 5.69. The molecule has 1 aromatic carbocycles. The van der Waals surface area contributed by atoms with Gasteiger partial charge in [0.15, 0.2) is 0 Å². The molecule has 2 aliphatic heterocycles. The Hall–Kier alpha value is -3.01. The van der Waals surface area contributed by atoms with Gasteiger partial charge in [-0.25, -0.2) is 18.4 Å². The van der Waals surface area contributed by atoms with Crippen molar-refractivity contribution in [2.24, 2.45) is 5.41 Å². The molecule has 1 spiro atoms. The van der Waals surface area contributed by atoms with Crippen LogP contribution in [0.1, 0.15) is 31.2 Å². The molecule has 3 aliphatic rings. The lowest BCUT2D eigenvalue weighted by Crippen LogP contribution is -2.60. The summed E-state index contributed by atoms with van der Waals surface area (Å²) in [5, 5.41) is 13.9.